The number of phenols is 2. The molecule has 0 spiro atoms. The van der Waals surface area contributed by atoms with Crippen molar-refractivity contribution in [3.63, 3.8) is 0 Å². The second-order valence-electron chi connectivity index (χ2n) is 2.63. The summed E-state index contributed by atoms with van der Waals surface area (Å²) in [5, 5.41) is 21.0. The number of aromatic hydroxyl groups is 2. The molecule has 0 aromatic heterocycles. The molecule has 0 aliphatic rings. The SMILES string of the molecule is CNC(=O)c1cc(O)cc(OC=O)c1O. The van der Waals surface area contributed by atoms with Crippen molar-refractivity contribution < 1.29 is 24.5 Å². The Bertz CT molecular complexity index is 402. The van der Waals surface area contributed by atoms with Gasteiger partial charge in [0.25, 0.3) is 12.4 Å². The second-order valence-corrected chi connectivity index (χ2v) is 2.63. The first kappa shape index (κ1) is 10.8. The normalized spacial score (nSPS) is 9.40. The molecule has 6 nitrogen and oxygen atoms in total. The molecule has 0 bridgehead atoms. The molecule has 0 saturated heterocycles. The average molecular weight is 211 g/mol. The molecular weight excluding hydrogens is 202 g/mol. The summed E-state index contributed by atoms with van der Waals surface area (Å²) >= 11 is 0. The lowest BCUT2D eigenvalue weighted by atomic mass is 10.1. The number of ether oxygens (including phenoxy) is 1. The van der Waals surface area contributed by atoms with Gasteiger partial charge in [0.2, 0.25) is 0 Å². The molecular formula is C9H9NO5. The van der Waals surface area contributed by atoms with Crippen molar-refractivity contribution in [3.05, 3.63) is 17.7 Å². The van der Waals surface area contributed by atoms with Crippen molar-refractivity contribution in [2.45, 2.75) is 0 Å². The van der Waals surface area contributed by atoms with Gasteiger partial charge in [-0.1, -0.05) is 0 Å². The molecule has 80 valence electrons. The fraction of sp³-hybridized carbons (Fsp3) is 0.111. The summed E-state index contributed by atoms with van der Waals surface area (Å²) in [6.07, 6.45) is 0. The summed E-state index contributed by atoms with van der Waals surface area (Å²) in [7, 11) is 1.37. The van der Waals surface area contributed by atoms with Gasteiger partial charge in [-0.2, -0.15) is 0 Å². The molecule has 0 fully saturated rings. The van der Waals surface area contributed by atoms with E-state index < -0.39 is 11.7 Å². The molecule has 15 heavy (non-hydrogen) atoms. The molecule has 1 aromatic carbocycles. The molecule has 1 amide bonds. The van der Waals surface area contributed by atoms with Gasteiger partial charge in [-0.05, 0) is 6.07 Å². The van der Waals surface area contributed by atoms with Gasteiger partial charge >= 0.3 is 0 Å². The third kappa shape index (κ3) is 2.16. The summed E-state index contributed by atoms with van der Waals surface area (Å²) in [6, 6.07) is 2.09. The van der Waals surface area contributed by atoms with Crippen LogP contribution in [-0.2, 0) is 4.79 Å². The smallest absolute Gasteiger partial charge is 0.298 e. The molecule has 1 aromatic rings. The lowest BCUT2D eigenvalue weighted by molar-refractivity contribution is -0.120. The minimum absolute atomic E-state index is 0.0854. The summed E-state index contributed by atoms with van der Waals surface area (Å²) in [6.45, 7) is 0.0854. The van der Waals surface area contributed by atoms with E-state index in [4.69, 9.17) is 0 Å². The number of nitrogens with one attached hydrogen (secondary N) is 1. The lowest BCUT2D eigenvalue weighted by Gasteiger charge is -2.07. The zero-order valence-electron chi connectivity index (χ0n) is 7.85. The van der Waals surface area contributed by atoms with Crippen LogP contribution < -0.4 is 10.1 Å². The van der Waals surface area contributed by atoms with Gasteiger partial charge in [0.15, 0.2) is 11.5 Å². The Morgan fingerprint density at radius 3 is 2.67 bits per heavy atom. The minimum Gasteiger partial charge on any atom is -0.508 e. The Labute approximate surface area is 85.1 Å². The van der Waals surface area contributed by atoms with Crippen LogP contribution in [0.25, 0.3) is 0 Å². The molecule has 0 heterocycles. The fourth-order valence-corrected chi connectivity index (χ4v) is 1.04. The van der Waals surface area contributed by atoms with Gasteiger partial charge in [-0.3, -0.25) is 9.59 Å². The minimum atomic E-state index is -0.598. The number of hydrogen-bond acceptors (Lipinski definition) is 5. The van der Waals surface area contributed by atoms with Gasteiger partial charge in [-0.15, -0.1) is 0 Å². The zero-order chi connectivity index (χ0) is 11.4. The average Bonchev–Trinajstić information content (AvgIpc) is 2.22. The Morgan fingerprint density at radius 2 is 2.13 bits per heavy atom. The number of amides is 1. The fourth-order valence-electron chi connectivity index (χ4n) is 1.04. The first-order valence-electron chi connectivity index (χ1n) is 3.98. The van der Waals surface area contributed by atoms with Crippen LogP contribution in [0.4, 0.5) is 0 Å². The van der Waals surface area contributed by atoms with Crippen molar-refractivity contribution in [1.82, 2.24) is 5.32 Å². The summed E-state index contributed by atoms with van der Waals surface area (Å²) in [5.41, 5.74) is -0.172. The molecule has 0 unspecified atom stereocenters. The maximum absolute atomic E-state index is 11.2. The largest absolute Gasteiger partial charge is 0.508 e. The molecule has 0 atom stereocenters. The predicted octanol–water partition coefficient (Wildman–Crippen LogP) is -0.00740. The Kier molecular flexibility index (Phi) is 3.12. The molecule has 6 heteroatoms. The van der Waals surface area contributed by atoms with Crippen LogP contribution in [0, 0.1) is 0 Å². The highest BCUT2D eigenvalue weighted by Crippen LogP contribution is 2.33. The van der Waals surface area contributed by atoms with Gasteiger partial charge in [0.1, 0.15) is 5.75 Å². The maximum atomic E-state index is 11.2. The van der Waals surface area contributed by atoms with E-state index in [0.29, 0.717) is 0 Å². The number of rotatable bonds is 3. The van der Waals surface area contributed by atoms with Crippen molar-refractivity contribution in [2.75, 3.05) is 7.05 Å². The van der Waals surface area contributed by atoms with Crippen molar-refractivity contribution in [1.29, 1.82) is 0 Å². The Hall–Kier alpha value is -2.24. The van der Waals surface area contributed by atoms with E-state index in [1.54, 1.807) is 0 Å². The lowest BCUT2D eigenvalue weighted by Crippen LogP contribution is -2.18. The van der Waals surface area contributed by atoms with Crippen molar-refractivity contribution in [3.8, 4) is 17.2 Å². The third-order valence-electron chi connectivity index (χ3n) is 1.71. The topological polar surface area (TPSA) is 95.9 Å². The first-order valence-corrected chi connectivity index (χ1v) is 3.98. The Balaban J connectivity index is 3.27. The van der Waals surface area contributed by atoms with Crippen LogP contribution in [-0.4, -0.2) is 29.6 Å². The van der Waals surface area contributed by atoms with Crippen LogP contribution in [0.3, 0.4) is 0 Å². The van der Waals surface area contributed by atoms with Gasteiger partial charge in [0.05, 0.1) is 5.56 Å². The highest BCUT2D eigenvalue weighted by Gasteiger charge is 2.16. The molecule has 3 N–H and O–H groups in total. The highest BCUT2D eigenvalue weighted by molar-refractivity contribution is 5.98. The van der Waals surface area contributed by atoms with Crippen molar-refractivity contribution >= 4 is 12.4 Å². The predicted molar refractivity (Wildman–Crippen MR) is 49.9 cm³/mol. The van der Waals surface area contributed by atoms with E-state index in [1.807, 2.05) is 0 Å². The van der Waals surface area contributed by atoms with Gasteiger partial charge in [-0.25, -0.2) is 0 Å². The zero-order valence-corrected chi connectivity index (χ0v) is 7.85. The van der Waals surface area contributed by atoms with E-state index in [0.717, 1.165) is 12.1 Å². The number of carbonyl (C=O) groups is 2. The second kappa shape index (κ2) is 4.32. The molecule has 0 saturated carbocycles. The molecule has 1 rings (SSSR count). The van der Waals surface area contributed by atoms with Crippen LogP contribution >= 0.6 is 0 Å². The summed E-state index contributed by atoms with van der Waals surface area (Å²) in [4.78, 5) is 21.3. The third-order valence-corrected chi connectivity index (χ3v) is 1.71. The van der Waals surface area contributed by atoms with E-state index in [2.05, 4.69) is 10.1 Å². The number of benzene rings is 1. The number of carbonyl (C=O) groups excluding carboxylic acids is 2. The number of phenolic OH excluding ortho intramolecular Hbond substituents is 2. The first-order chi connectivity index (χ1) is 7.10. The van der Waals surface area contributed by atoms with Crippen molar-refractivity contribution in [2.24, 2.45) is 0 Å². The summed E-state index contributed by atoms with van der Waals surface area (Å²) < 4.78 is 4.38. The monoisotopic (exact) mass is 211 g/mol. The standard InChI is InChI=1S/C9H9NO5/c1-10-9(14)6-2-5(12)3-7(8(6)13)15-4-11/h2-4,12-13H,1H3,(H,10,14). The van der Waals surface area contributed by atoms with E-state index in [-0.39, 0.29) is 23.5 Å². The van der Waals surface area contributed by atoms with Crippen LogP contribution in [0.2, 0.25) is 0 Å². The quantitative estimate of drug-likeness (QED) is 0.482. The van der Waals surface area contributed by atoms with Gasteiger partial charge in [0, 0.05) is 13.1 Å². The van der Waals surface area contributed by atoms with Gasteiger partial charge < -0.3 is 20.3 Å². The molecule has 0 radical (unpaired) electrons. The van der Waals surface area contributed by atoms with E-state index in [1.165, 1.54) is 7.05 Å². The van der Waals surface area contributed by atoms with Crippen LogP contribution in [0.15, 0.2) is 12.1 Å². The van der Waals surface area contributed by atoms with E-state index in [9.17, 15) is 19.8 Å². The highest BCUT2D eigenvalue weighted by atomic mass is 16.5. The molecule has 0 aliphatic carbocycles. The maximum Gasteiger partial charge on any atom is 0.298 e. The molecule has 0 aliphatic heterocycles. The van der Waals surface area contributed by atoms with Crippen LogP contribution in [0.1, 0.15) is 10.4 Å². The number of hydrogen-bond donors (Lipinski definition) is 3. The van der Waals surface area contributed by atoms with E-state index >= 15 is 0 Å². The Morgan fingerprint density at radius 1 is 1.47 bits per heavy atom. The summed E-state index contributed by atoms with van der Waals surface area (Å²) in [5.74, 6) is -1.66. The van der Waals surface area contributed by atoms with Crippen LogP contribution in [0.5, 0.6) is 17.2 Å².